The third-order valence-corrected chi connectivity index (χ3v) is 10.2. The van der Waals surface area contributed by atoms with Gasteiger partial charge in [-0.1, -0.05) is 25.3 Å². The Morgan fingerprint density at radius 1 is 1.08 bits per heavy atom. The van der Waals surface area contributed by atoms with Crippen LogP contribution in [-0.2, 0) is 22.5 Å². The average molecular weight is 534 g/mol. The predicted molar refractivity (Wildman–Crippen MR) is 153 cm³/mol. The Hall–Kier alpha value is -2.64. The standard InChI is InChI=1S/C31H39N3O3S/c1-4-37-31(36)28-19(2)20(3)38-30(28)32-27(35)18-33-15-16-34-25-14-13-22(21-9-6-5-7-10-21)17-24(25)23-11-8-12-26(33)29(23)34/h13-14,17,21,26H,4-12,15-16,18H2,1-3H3,(H,32,35). The molecule has 1 atom stereocenters. The summed E-state index contributed by atoms with van der Waals surface area (Å²) in [4.78, 5) is 29.3. The molecule has 1 aliphatic heterocycles. The molecule has 1 N–H and O–H groups in total. The summed E-state index contributed by atoms with van der Waals surface area (Å²) in [5.41, 5.74) is 7.21. The highest BCUT2D eigenvalue weighted by atomic mass is 32.1. The van der Waals surface area contributed by atoms with E-state index in [-0.39, 0.29) is 17.9 Å². The van der Waals surface area contributed by atoms with Crippen LogP contribution < -0.4 is 5.32 Å². The quantitative estimate of drug-likeness (QED) is 0.351. The second kappa shape index (κ2) is 10.5. The number of aromatic nitrogens is 1. The molecule has 0 radical (unpaired) electrons. The molecule has 1 saturated carbocycles. The highest BCUT2D eigenvalue weighted by Gasteiger charge is 2.36. The molecule has 3 heterocycles. The molecular weight excluding hydrogens is 494 g/mol. The number of aryl methyl sites for hydroxylation is 2. The lowest BCUT2D eigenvalue weighted by atomic mass is 9.83. The molecule has 0 saturated heterocycles. The van der Waals surface area contributed by atoms with Crippen LogP contribution in [0.15, 0.2) is 18.2 Å². The average Bonchev–Trinajstić information content (AvgIpc) is 3.39. The van der Waals surface area contributed by atoms with Gasteiger partial charge in [0.15, 0.2) is 0 Å². The van der Waals surface area contributed by atoms with E-state index in [1.807, 2.05) is 13.8 Å². The van der Waals surface area contributed by atoms with Crippen molar-refractivity contribution in [1.82, 2.24) is 9.47 Å². The summed E-state index contributed by atoms with van der Waals surface area (Å²) in [7, 11) is 0. The molecule has 1 unspecified atom stereocenters. The normalized spacial score (nSPS) is 19.9. The Labute approximate surface area is 229 Å². The minimum absolute atomic E-state index is 0.0620. The Bertz CT molecular complexity index is 1380. The lowest BCUT2D eigenvalue weighted by Gasteiger charge is -2.39. The number of fused-ring (bicyclic) bond motifs is 3. The number of hydrogen-bond acceptors (Lipinski definition) is 5. The molecule has 7 heteroatoms. The molecule has 2 aromatic heterocycles. The molecule has 6 nitrogen and oxygen atoms in total. The first-order chi connectivity index (χ1) is 18.5. The van der Waals surface area contributed by atoms with Crippen molar-refractivity contribution in [2.75, 3.05) is 25.0 Å². The molecule has 1 aromatic carbocycles. The Morgan fingerprint density at radius 3 is 2.68 bits per heavy atom. The van der Waals surface area contributed by atoms with E-state index in [4.69, 9.17) is 4.74 Å². The van der Waals surface area contributed by atoms with Crippen molar-refractivity contribution in [2.45, 2.75) is 90.6 Å². The first-order valence-corrected chi connectivity index (χ1v) is 15.2. The Kier molecular flexibility index (Phi) is 7.08. The number of nitrogens with zero attached hydrogens (tertiary/aromatic N) is 2. The molecule has 0 bridgehead atoms. The summed E-state index contributed by atoms with van der Waals surface area (Å²) in [6.45, 7) is 8.10. The third kappa shape index (κ3) is 4.47. The van der Waals surface area contributed by atoms with Gasteiger partial charge in [-0.05, 0) is 87.6 Å². The summed E-state index contributed by atoms with van der Waals surface area (Å²) in [6.07, 6.45) is 10.1. The zero-order chi connectivity index (χ0) is 26.4. The lowest BCUT2D eigenvalue weighted by Crippen LogP contribution is -2.43. The first-order valence-electron chi connectivity index (χ1n) is 14.4. The molecule has 38 heavy (non-hydrogen) atoms. The highest BCUT2D eigenvalue weighted by Crippen LogP contribution is 2.44. The van der Waals surface area contributed by atoms with Gasteiger partial charge >= 0.3 is 5.97 Å². The van der Waals surface area contributed by atoms with Crippen molar-refractivity contribution in [1.29, 1.82) is 0 Å². The zero-order valence-electron chi connectivity index (χ0n) is 22.9. The zero-order valence-corrected chi connectivity index (χ0v) is 23.7. The van der Waals surface area contributed by atoms with E-state index in [9.17, 15) is 9.59 Å². The van der Waals surface area contributed by atoms with Gasteiger partial charge < -0.3 is 14.6 Å². The van der Waals surface area contributed by atoms with E-state index >= 15 is 0 Å². The van der Waals surface area contributed by atoms with Gasteiger partial charge in [0.05, 0.1) is 24.8 Å². The first kappa shape index (κ1) is 25.6. The number of ether oxygens (including phenoxy) is 1. The highest BCUT2D eigenvalue weighted by molar-refractivity contribution is 7.16. The van der Waals surface area contributed by atoms with Crippen molar-refractivity contribution in [3.8, 4) is 0 Å². The van der Waals surface area contributed by atoms with Gasteiger partial charge in [-0.25, -0.2) is 4.79 Å². The number of rotatable bonds is 6. The van der Waals surface area contributed by atoms with E-state index < -0.39 is 0 Å². The van der Waals surface area contributed by atoms with E-state index in [0.29, 0.717) is 29.6 Å². The second-order valence-corrected chi connectivity index (χ2v) is 12.5. The molecule has 1 amide bonds. The molecule has 202 valence electrons. The number of carbonyl (C=O) groups is 2. The van der Waals surface area contributed by atoms with Crippen LogP contribution in [0.5, 0.6) is 0 Å². The SMILES string of the molecule is CCOC(=O)c1c(NC(=O)CN2CCn3c4c(c5cc(C6CCCCC6)ccc53)CCCC42)sc(C)c1C. The van der Waals surface area contributed by atoms with Gasteiger partial charge in [-0.3, -0.25) is 9.69 Å². The molecule has 1 fully saturated rings. The van der Waals surface area contributed by atoms with Gasteiger partial charge in [0.2, 0.25) is 5.91 Å². The molecule has 2 aliphatic carbocycles. The van der Waals surface area contributed by atoms with E-state index in [1.54, 1.807) is 6.92 Å². The van der Waals surface area contributed by atoms with Crippen molar-refractivity contribution in [3.63, 3.8) is 0 Å². The number of nitrogens with one attached hydrogen (secondary N) is 1. The summed E-state index contributed by atoms with van der Waals surface area (Å²) < 4.78 is 7.81. The minimum atomic E-state index is -0.364. The fourth-order valence-corrected chi connectivity index (χ4v) is 8.15. The maximum atomic E-state index is 13.3. The summed E-state index contributed by atoms with van der Waals surface area (Å²) in [6, 6.07) is 7.52. The van der Waals surface area contributed by atoms with Crippen LogP contribution in [0.1, 0.15) is 101 Å². The van der Waals surface area contributed by atoms with Gasteiger partial charge in [0.25, 0.3) is 0 Å². The number of hydrogen-bond donors (Lipinski definition) is 1. The molecule has 6 rings (SSSR count). The maximum Gasteiger partial charge on any atom is 0.341 e. The summed E-state index contributed by atoms with van der Waals surface area (Å²) in [5.74, 6) is 0.283. The van der Waals surface area contributed by atoms with Crippen molar-refractivity contribution < 1.29 is 14.3 Å². The smallest absolute Gasteiger partial charge is 0.341 e. The second-order valence-electron chi connectivity index (χ2n) is 11.3. The fourth-order valence-electron chi connectivity index (χ4n) is 7.09. The van der Waals surface area contributed by atoms with E-state index in [0.717, 1.165) is 42.8 Å². The fraction of sp³-hybridized carbons (Fsp3) is 0.548. The van der Waals surface area contributed by atoms with Crippen LogP contribution in [-0.4, -0.2) is 41.0 Å². The van der Waals surface area contributed by atoms with Gasteiger partial charge in [0.1, 0.15) is 5.00 Å². The molecular formula is C31H39N3O3S. The number of benzene rings is 1. The van der Waals surface area contributed by atoms with Crippen LogP contribution in [0, 0.1) is 13.8 Å². The maximum absolute atomic E-state index is 13.3. The number of amides is 1. The van der Waals surface area contributed by atoms with Gasteiger partial charge in [-0.2, -0.15) is 0 Å². The number of anilines is 1. The van der Waals surface area contributed by atoms with Crippen LogP contribution in [0.4, 0.5) is 5.00 Å². The summed E-state index contributed by atoms with van der Waals surface area (Å²) in [5, 5.41) is 5.11. The monoisotopic (exact) mass is 533 g/mol. The number of esters is 1. The predicted octanol–water partition coefficient (Wildman–Crippen LogP) is 6.88. The van der Waals surface area contributed by atoms with Crippen LogP contribution in [0.2, 0.25) is 0 Å². The third-order valence-electron chi connectivity index (χ3n) is 9.05. The van der Waals surface area contributed by atoms with Crippen molar-refractivity contribution in [2.24, 2.45) is 0 Å². The summed E-state index contributed by atoms with van der Waals surface area (Å²) >= 11 is 1.45. The van der Waals surface area contributed by atoms with Gasteiger partial charge in [0, 0.05) is 34.6 Å². The molecule has 0 spiro atoms. The van der Waals surface area contributed by atoms with E-state index in [2.05, 4.69) is 33.0 Å². The molecule has 3 aliphatic rings. The Balaban J connectivity index is 1.24. The van der Waals surface area contributed by atoms with Crippen LogP contribution >= 0.6 is 11.3 Å². The number of carbonyl (C=O) groups excluding carboxylic acids is 2. The lowest BCUT2D eigenvalue weighted by molar-refractivity contribution is -0.118. The largest absolute Gasteiger partial charge is 0.462 e. The van der Waals surface area contributed by atoms with Crippen molar-refractivity contribution in [3.05, 3.63) is 51.0 Å². The van der Waals surface area contributed by atoms with Crippen molar-refractivity contribution >= 4 is 39.1 Å². The Morgan fingerprint density at radius 2 is 1.89 bits per heavy atom. The minimum Gasteiger partial charge on any atom is -0.462 e. The van der Waals surface area contributed by atoms with Crippen LogP contribution in [0.25, 0.3) is 10.9 Å². The van der Waals surface area contributed by atoms with Crippen LogP contribution in [0.3, 0.4) is 0 Å². The topological polar surface area (TPSA) is 63.6 Å². The van der Waals surface area contributed by atoms with E-state index in [1.165, 1.54) is 71.2 Å². The number of thiophene rings is 1. The van der Waals surface area contributed by atoms with Gasteiger partial charge in [-0.15, -0.1) is 11.3 Å². The molecule has 3 aromatic rings.